The molecule has 2 amide bonds. The summed E-state index contributed by atoms with van der Waals surface area (Å²) in [5.41, 5.74) is 1.10. The lowest BCUT2D eigenvalue weighted by molar-refractivity contribution is -0.139. The van der Waals surface area contributed by atoms with Crippen molar-refractivity contribution in [3.8, 4) is 5.75 Å². The third kappa shape index (κ3) is 7.22. The van der Waals surface area contributed by atoms with Gasteiger partial charge in [0.2, 0.25) is 11.8 Å². The first-order chi connectivity index (χ1) is 17.7. The largest absolute Gasteiger partial charge is 0.497 e. The van der Waals surface area contributed by atoms with Crippen LogP contribution in [0.25, 0.3) is 0 Å². The monoisotopic (exact) mass is 635 g/mol. The Morgan fingerprint density at radius 1 is 1.00 bits per heavy atom. The van der Waals surface area contributed by atoms with Crippen LogP contribution in [0.4, 0.5) is 5.69 Å². The van der Waals surface area contributed by atoms with Crippen molar-refractivity contribution in [3.05, 3.63) is 88.0 Å². The number of amides is 2. The number of nitrogens with one attached hydrogen (secondary N) is 1. The van der Waals surface area contributed by atoms with Crippen LogP contribution in [0.3, 0.4) is 0 Å². The number of hydrogen-bond acceptors (Lipinski definition) is 5. The van der Waals surface area contributed by atoms with Gasteiger partial charge >= 0.3 is 0 Å². The Labute approximate surface area is 231 Å². The number of anilines is 1. The van der Waals surface area contributed by atoms with Crippen molar-refractivity contribution in [2.45, 2.75) is 31.3 Å². The predicted octanol–water partition coefficient (Wildman–Crippen LogP) is 4.05. The minimum atomic E-state index is -4.07. The number of ether oxygens (including phenoxy) is 1. The van der Waals surface area contributed by atoms with Crippen LogP contribution in [0, 0.1) is 3.57 Å². The fourth-order valence-corrected chi connectivity index (χ4v) is 5.52. The molecule has 0 fully saturated rings. The molecule has 3 rings (SSSR count). The van der Waals surface area contributed by atoms with Crippen LogP contribution in [-0.2, 0) is 26.2 Å². The van der Waals surface area contributed by atoms with Gasteiger partial charge in [0, 0.05) is 16.7 Å². The van der Waals surface area contributed by atoms with Crippen LogP contribution in [-0.4, -0.2) is 51.4 Å². The lowest BCUT2D eigenvalue weighted by atomic mass is 10.1. The molecule has 0 aliphatic heterocycles. The van der Waals surface area contributed by atoms with Gasteiger partial charge in [0.15, 0.2) is 0 Å². The van der Waals surface area contributed by atoms with Gasteiger partial charge in [0.25, 0.3) is 10.0 Å². The van der Waals surface area contributed by atoms with E-state index in [0.717, 1.165) is 13.4 Å². The van der Waals surface area contributed by atoms with Gasteiger partial charge in [-0.05, 0) is 90.5 Å². The molecular formula is C27H30IN3O5S. The van der Waals surface area contributed by atoms with E-state index in [2.05, 4.69) is 27.9 Å². The number of carbonyl (C=O) groups is 2. The minimum Gasteiger partial charge on any atom is -0.497 e. The van der Waals surface area contributed by atoms with Gasteiger partial charge in [-0.2, -0.15) is 0 Å². The highest BCUT2D eigenvalue weighted by atomic mass is 127. The van der Waals surface area contributed by atoms with Crippen molar-refractivity contribution in [1.29, 1.82) is 0 Å². The van der Waals surface area contributed by atoms with Crippen LogP contribution in [0.15, 0.2) is 83.8 Å². The minimum absolute atomic E-state index is 0.0671. The molecule has 1 atom stereocenters. The summed E-state index contributed by atoms with van der Waals surface area (Å²) in [7, 11) is -2.52. The van der Waals surface area contributed by atoms with Crippen LogP contribution >= 0.6 is 22.6 Å². The summed E-state index contributed by atoms with van der Waals surface area (Å²) in [6.45, 7) is 3.45. The molecule has 10 heteroatoms. The van der Waals surface area contributed by atoms with Gasteiger partial charge < -0.3 is 15.0 Å². The zero-order valence-electron chi connectivity index (χ0n) is 20.9. The topological polar surface area (TPSA) is 96.0 Å². The molecule has 1 N–H and O–H groups in total. The number of nitrogens with zero attached hydrogens (tertiary/aromatic N) is 2. The molecular weight excluding hydrogens is 605 g/mol. The van der Waals surface area contributed by atoms with E-state index >= 15 is 0 Å². The molecule has 0 bridgehead atoms. The number of likely N-dealkylation sites (N-methyl/N-ethyl adjacent to an activating group) is 1. The number of methoxy groups -OCH3 is 1. The van der Waals surface area contributed by atoms with Crippen molar-refractivity contribution in [3.63, 3.8) is 0 Å². The summed E-state index contributed by atoms with van der Waals surface area (Å²) in [5, 5.41) is 2.75. The fraction of sp³-hybridized carbons (Fsp3) is 0.259. The molecule has 0 saturated heterocycles. The molecule has 3 aromatic rings. The molecule has 3 aromatic carbocycles. The van der Waals surface area contributed by atoms with E-state index in [-0.39, 0.29) is 17.3 Å². The summed E-state index contributed by atoms with van der Waals surface area (Å²) in [6.07, 6.45) is 0. The van der Waals surface area contributed by atoms with E-state index in [9.17, 15) is 18.0 Å². The summed E-state index contributed by atoms with van der Waals surface area (Å²) in [5.74, 6) is -0.229. The van der Waals surface area contributed by atoms with Crippen LogP contribution in [0.1, 0.15) is 19.4 Å². The Morgan fingerprint density at radius 3 is 2.30 bits per heavy atom. The predicted molar refractivity (Wildman–Crippen MR) is 152 cm³/mol. The first-order valence-corrected chi connectivity index (χ1v) is 14.2. The maximum atomic E-state index is 13.8. The standard InChI is InChI=1S/C27H30IN3O5S/c1-4-29-27(33)20(2)30(18-21-9-8-10-24(17-21)36-3)26(32)19-31(23-15-13-22(28)14-16-23)37(34,35)25-11-6-5-7-12-25/h5-17,20H,4,18-19H2,1-3H3,(H,29,33). The summed E-state index contributed by atoms with van der Waals surface area (Å²) < 4.78 is 34.7. The molecule has 0 radical (unpaired) electrons. The Bertz CT molecular complexity index is 1320. The second-order valence-corrected chi connectivity index (χ2v) is 11.4. The summed E-state index contributed by atoms with van der Waals surface area (Å²) in [6, 6.07) is 21.2. The molecule has 8 nitrogen and oxygen atoms in total. The van der Waals surface area contributed by atoms with Crippen molar-refractivity contribution in [2.75, 3.05) is 24.5 Å². The molecule has 196 valence electrons. The molecule has 0 heterocycles. The van der Waals surface area contributed by atoms with Crippen molar-refractivity contribution >= 4 is 50.1 Å². The van der Waals surface area contributed by atoms with Gasteiger partial charge in [0.05, 0.1) is 17.7 Å². The normalized spacial score (nSPS) is 11.9. The molecule has 1 unspecified atom stereocenters. The van der Waals surface area contributed by atoms with Crippen molar-refractivity contribution < 1.29 is 22.7 Å². The summed E-state index contributed by atoms with van der Waals surface area (Å²) >= 11 is 2.13. The van der Waals surface area contributed by atoms with Gasteiger partial charge in [-0.1, -0.05) is 30.3 Å². The number of halogens is 1. The van der Waals surface area contributed by atoms with Gasteiger partial charge in [-0.3, -0.25) is 13.9 Å². The second kappa shape index (κ2) is 12.9. The molecule has 0 saturated carbocycles. The highest BCUT2D eigenvalue weighted by molar-refractivity contribution is 14.1. The van der Waals surface area contributed by atoms with Crippen LogP contribution in [0.5, 0.6) is 5.75 Å². The third-order valence-electron chi connectivity index (χ3n) is 5.73. The third-order valence-corrected chi connectivity index (χ3v) is 8.24. The zero-order valence-corrected chi connectivity index (χ0v) is 23.9. The van der Waals surface area contributed by atoms with E-state index in [1.165, 1.54) is 17.0 Å². The van der Waals surface area contributed by atoms with E-state index < -0.39 is 28.5 Å². The zero-order chi connectivity index (χ0) is 27.0. The number of sulfonamides is 1. The van der Waals surface area contributed by atoms with Gasteiger partial charge in [-0.15, -0.1) is 0 Å². The molecule has 0 spiro atoms. The van der Waals surface area contributed by atoms with E-state index in [0.29, 0.717) is 18.0 Å². The number of benzene rings is 3. The average molecular weight is 636 g/mol. The average Bonchev–Trinajstić information content (AvgIpc) is 2.91. The second-order valence-electron chi connectivity index (χ2n) is 8.24. The summed E-state index contributed by atoms with van der Waals surface area (Å²) in [4.78, 5) is 28.0. The lowest BCUT2D eigenvalue weighted by Crippen LogP contribution is -2.51. The maximum Gasteiger partial charge on any atom is 0.264 e. The first-order valence-electron chi connectivity index (χ1n) is 11.7. The Balaban J connectivity index is 2.01. The van der Waals surface area contributed by atoms with E-state index in [4.69, 9.17) is 4.74 Å². The van der Waals surface area contributed by atoms with Crippen LogP contribution < -0.4 is 14.4 Å². The van der Waals surface area contributed by atoms with Crippen molar-refractivity contribution in [1.82, 2.24) is 10.2 Å². The highest BCUT2D eigenvalue weighted by Gasteiger charge is 2.32. The Kier molecular flexibility index (Phi) is 9.93. The Hall–Kier alpha value is -3.12. The number of hydrogen-bond donors (Lipinski definition) is 1. The molecule has 0 aliphatic carbocycles. The molecule has 0 aromatic heterocycles. The van der Waals surface area contributed by atoms with E-state index in [1.807, 2.05) is 6.07 Å². The van der Waals surface area contributed by atoms with Crippen LogP contribution in [0.2, 0.25) is 0 Å². The van der Waals surface area contributed by atoms with E-state index in [1.54, 1.807) is 81.6 Å². The maximum absolute atomic E-state index is 13.8. The SMILES string of the molecule is CCNC(=O)C(C)N(Cc1cccc(OC)c1)C(=O)CN(c1ccc(I)cc1)S(=O)(=O)c1ccccc1. The van der Waals surface area contributed by atoms with Crippen molar-refractivity contribution in [2.24, 2.45) is 0 Å². The smallest absolute Gasteiger partial charge is 0.264 e. The quantitative estimate of drug-likeness (QED) is 0.321. The number of rotatable bonds is 11. The van der Waals surface area contributed by atoms with Gasteiger partial charge in [0.1, 0.15) is 18.3 Å². The lowest BCUT2D eigenvalue weighted by Gasteiger charge is -2.32. The molecule has 0 aliphatic rings. The first kappa shape index (κ1) is 28.5. The fourth-order valence-electron chi connectivity index (χ4n) is 3.73. The van der Waals surface area contributed by atoms with Gasteiger partial charge in [-0.25, -0.2) is 8.42 Å². The molecule has 37 heavy (non-hydrogen) atoms. The number of carbonyl (C=O) groups excluding carboxylic acids is 2. The Morgan fingerprint density at radius 2 is 1.68 bits per heavy atom. The highest BCUT2D eigenvalue weighted by Crippen LogP contribution is 2.25.